The molecule has 0 amide bonds. The van der Waals surface area contributed by atoms with E-state index in [1.807, 2.05) is 19.2 Å². The summed E-state index contributed by atoms with van der Waals surface area (Å²) in [6.07, 6.45) is 8.18. The molecule has 1 aromatic rings. The second-order valence-corrected chi connectivity index (χ2v) is 5.43. The van der Waals surface area contributed by atoms with Crippen molar-refractivity contribution in [3.8, 4) is 0 Å². The highest BCUT2D eigenvalue weighted by Gasteiger charge is 2.09. The maximum absolute atomic E-state index is 4.52. The molecular weight excluding hydrogens is 242 g/mol. The Bertz CT molecular complexity index is 355. The Labute approximate surface area is 115 Å². The number of unbranched alkanes of at least 4 members (excludes halogenated alkanes) is 1. The molecule has 0 aromatic carbocycles. The fourth-order valence-corrected chi connectivity index (χ4v) is 2.43. The molecule has 0 aliphatic heterocycles. The third-order valence-electron chi connectivity index (χ3n) is 2.91. The van der Waals surface area contributed by atoms with Crippen LogP contribution in [-0.2, 0) is 0 Å². The predicted molar refractivity (Wildman–Crippen MR) is 80.4 cm³/mol. The van der Waals surface area contributed by atoms with Crippen LogP contribution in [0.1, 0.15) is 51.6 Å². The molecule has 1 heterocycles. The molecule has 0 saturated heterocycles. The first kappa shape index (κ1) is 15.3. The standard InChI is InChI=1S/C14H25N3S/c1-5-7-9-12(8-6-2)16-13-10-11(3)15-14(17-13)18-4/h10,12H,5-9H2,1-4H3,(H,15,16,17). The van der Waals surface area contributed by atoms with Crippen molar-refractivity contribution in [1.82, 2.24) is 9.97 Å². The molecule has 1 unspecified atom stereocenters. The number of hydrogen-bond acceptors (Lipinski definition) is 4. The van der Waals surface area contributed by atoms with Gasteiger partial charge in [-0.25, -0.2) is 9.97 Å². The summed E-state index contributed by atoms with van der Waals surface area (Å²) < 4.78 is 0. The van der Waals surface area contributed by atoms with Crippen LogP contribution in [0.5, 0.6) is 0 Å². The Kier molecular flexibility index (Phi) is 7.09. The van der Waals surface area contributed by atoms with Crippen molar-refractivity contribution >= 4 is 17.6 Å². The van der Waals surface area contributed by atoms with Crippen LogP contribution in [0, 0.1) is 6.92 Å². The van der Waals surface area contributed by atoms with Crippen molar-refractivity contribution in [1.29, 1.82) is 0 Å². The van der Waals surface area contributed by atoms with Gasteiger partial charge in [-0.15, -0.1) is 0 Å². The fourth-order valence-electron chi connectivity index (χ4n) is 2.00. The van der Waals surface area contributed by atoms with Crippen molar-refractivity contribution in [2.45, 2.75) is 64.1 Å². The molecule has 0 saturated carbocycles. The number of anilines is 1. The van der Waals surface area contributed by atoms with Gasteiger partial charge in [0, 0.05) is 17.8 Å². The number of aromatic nitrogens is 2. The lowest BCUT2D eigenvalue weighted by Crippen LogP contribution is -2.20. The van der Waals surface area contributed by atoms with Crippen LogP contribution >= 0.6 is 11.8 Å². The molecule has 0 radical (unpaired) electrons. The molecule has 1 atom stereocenters. The zero-order chi connectivity index (χ0) is 13.4. The van der Waals surface area contributed by atoms with Gasteiger partial charge in [-0.05, 0) is 26.0 Å². The Morgan fingerprint density at radius 3 is 2.61 bits per heavy atom. The van der Waals surface area contributed by atoms with Gasteiger partial charge < -0.3 is 5.32 Å². The number of thioether (sulfide) groups is 1. The van der Waals surface area contributed by atoms with Gasteiger partial charge in [0.15, 0.2) is 5.16 Å². The van der Waals surface area contributed by atoms with E-state index in [9.17, 15) is 0 Å². The summed E-state index contributed by atoms with van der Waals surface area (Å²) in [5.74, 6) is 0.974. The van der Waals surface area contributed by atoms with Gasteiger partial charge in [0.25, 0.3) is 0 Å². The summed E-state index contributed by atoms with van der Waals surface area (Å²) in [7, 11) is 0. The predicted octanol–water partition coefficient (Wildman–Crippen LogP) is 4.28. The summed E-state index contributed by atoms with van der Waals surface area (Å²) in [6.45, 7) is 6.50. The minimum Gasteiger partial charge on any atom is -0.367 e. The Balaban J connectivity index is 2.69. The fraction of sp³-hybridized carbons (Fsp3) is 0.714. The van der Waals surface area contributed by atoms with Crippen LogP contribution in [0.4, 0.5) is 5.82 Å². The van der Waals surface area contributed by atoms with Crippen molar-refractivity contribution in [3.05, 3.63) is 11.8 Å². The van der Waals surface area contributed by atoms with Gasteiger partial charge in [0.1, 0.15) is 5.82 Å². The Hall–Kier alpha value is -0.770. The molecule has 0 spiro atoms. The van der Waals surface area contributed by atoms with E-state index in [1.165, 1.54) is 32.1 Å². The molecule has 1 rings (SSSR count). The van der Waals surface area contributed by atoms with E-state index in [1.54, 1.807) is 11.8 Å². The van der Waals surface area contributed by atoms with Gasteiger partial charge in [0.05, 0.1) is 0 Å². The van der Waals surface area contributed by atoms with Gasteiger partial charge in [-0.3, -0.25) is 0 Å². The average molecular weight is 267 g/mol. The van der Waals surface area contributed by atoms with Crippen LogP contribution in [-0.4, -0.2) is 22.3 Å². The van der Waals surface area contributed by atoms with Crippen molar-refractivity contribution in [3.63, 3.8) is 0 Å². The van der Waals surface area contributed by atoms with E-state index in [0.29, 0.717) is 6.04 Å². The van der Waals surface area contributed by atoms with E-state index in [-0.39, 0.29) is 0 Å². The molecule has 3 nitrogen and oxygen atoms in total. The van der Waals surface area contributed by atoms with Crippen molar-refractivity contribution in [2.75, 3.05) is 11.6 Å². The molecule has 0 fully saturated rings. The monoisotopic (exact) mass is 267 g/mol. The summed E-state index contributed by atoms with van der Waals surface area (Å²) in [6, 6.07) is 2.58. The maximum atomic E-state index is 4.52. The largest absolute Gasteiger partial charge is 0.367 e. The van der Waals surface area contributed by atoms with Gasteiger partial charge in [-0.1, -0.05) is 44.9 Å². The van der Waals surface area contributed by atoms with E-state index in [4.69, 9.17) is 0 Å². The highest BCUT2D eigenvalue weighted by Crippen LogP contribution is 2.17. The Morgan fingerprint density at radius 2 is 2.00 bits per heavy atom. The first-order valence-electron chi connectivity index (χ1n) is 6.85. The van der Waals surface area contributed by atoms with E-state index < -0.39 is 0 Å². The molecule has 0 aliphatic carbocycles. The molecule has 4 heteroatoms. The Morgan fingerprint density at radius 1 is 1.22 bits per heavy atom. The van der Waals surface area contributed by atoms with Crippen molar-refractivity contribution in [2.24, 2.45) is 0 Å². The highest BCUT2D eigenvalue weighted by atomic mass is 32.2. The van der Waals surface area contributed by atoms with Gasteiger partial charge in [0.2, 0.25) is 0 Å². The van der Waals surface area contributed by atoms with Crippen LogP contribution in [0.25, 0.3) is 0 Å². The second kappa shape index (κ2) is 8.35. The molecule has 0 bridgehead atoms. The first-order chi connectivity index (χ1) is 8.69. The summed E-state index contributed by atoms with van der Waals surface area (Å²) >= 11 is 1.59. The lowest BCUT2D eigenvalue weighted by atomic mass is 10.1. The van der Waals surface area contributed by atoms with E-state index in [0.717, 1.165) is 16.7 Å². The smallest absolute Gasteiger partial charge is 0.189 e. The lowest BCUT2D eigenvalue weighted by Gasteiger charge is -2.18. The van der Waals surface area contributed by atoms with Crippen molar-refractivity contribution < 1.29 is 0 Å². The zero-order valence-electron chi connectivity index (χ0n) is 12.0. The SMILES string of the molecule is CCCCC(CCC)Nc1cc(C)nc(SC)n1. The minimum absolute atomic E-state index is 0.541. The second-order valence-electron chi connectivity index (χ2n) is 4.65. The maximum Gasteiger partial charge on any atom is 0.189 e. The number of aryl methyl sites for hydroxylation is 1. The minimum atomic E-state index is 0.541. The van der Waals surface area contributed by atoms with Crippen LogP contribution in [0.3, 0.4) is 0 Å². The number of nitrogens with zero attached hydrogens (tertiary/aromatic N) is 2. The van der Waals surface area contributed by atoms with Crippen LogP contribution in [0.2, 0.25) is 0 Å². The number of hydrogen-bond donors (Lipinski definition) is 1. The first-order valence-corrected chi connectivity index (χ1v) is 8.08. The summed E-state index contributed by atoms with van der Waals surface area (Å²) in [5.41, 5.74) is 1.03. The zero-order valence-corrected chi connectivity index (χ0v) is 12.8. The third kappa shape index (κ3) is 5.25. The van der Waals surface area contributed by atoms with E-state index >= 15 is 0 Å². The molecule has 1 N–H and O–H groups in total. The molecular formula is C14H25N3S. The quantitative estimate of drug-likeness (QED) is 0.563. The van der Waals surface area contributed by atoms with Crippen LogP contribution in [0.15, 0.2) is 11.2 Å². The number of rotatable bonds is 8. The van der Waals surface area contributed by atoms with E-state index in [2.05, 4.69) is 29.1 Å². The highest BCUT2D eigenvalue weighted by molar-refractivity contribution is 7.98. The normalized spacial score (nSPS) is 12.4. The summed E-state index contributed by atoms with van der Waals surface area (Å²) in [5, 5.41) is 4.42. The average Bonchev–Trinajstić information content (AvgIpc) is 2.35. The molecule has 102 valence electrons. The van der Waals surface area contributed by atoms with Gasteiger partial charge >= 0.3 is 0 Å². The van der Waals surface area contributed by atoms with Crippen LogP contribution < -0.4 is 5.32 Å². The number of nitrogens with one attached hydrogen (secondary N) is 1. The molecule has 1 aromatic heterocycles. The third-order valence-corrected chi connectivity index (χ3v) is 3.46. The molecule has 18 heavy (non-hydrogen) atoms. The molecule has 0 aliphatic rings. The van der Waals surface area contributed by atoms with Gasteiger partial charge in [-0.2, -0.15) is 0 Å². The lowest BCUT2D eigenvalue weighted by molar-refractivity contribution is 0.562. The summed E-state index contributed by atoms with van der Waals surface area (Å²) in [4.78, 5) is 8.90. The topological polar surface area (TPSA) is 37.8 Å².